The van der Waals surface area contributed by atoms with E-state index in [0.717, 1.165) is 26.9 Å². The number of hydrogen-bond acceptors (Lipinski definition) is 12. The van der Waals surface area contributed by atoms with Gasteiger partial charge in [0.1, 0.15) is 0 Å². The number of nitrogen functional groups attached to an aromatic ring is 1. The van der Waals surface area contributed by atoms with E-state index in [4.69, 9.17) is 34.7 Å². The molecule has 0 aliphatic carbocycles. The Morgan fingerprint density at radius 2 is 1.19 bits per heavy atom. The molecule has 4 amide bonds. The summed E-state index contributed by atoms with van der Waals surface area (Å²) in [5, 5.41) is 7.66. The molecule has 4 aromatic carbocycles. The maximum atomic E-state index is 12.1. The van der Waals surface area contributed by atoms with Crippen LogP contribution in [0.15, 0.2) is 119 Å². The number of sulfone groups is 2. The molecule has 0 spiro atoms. The van der Waals surface area contributed by atoms with Crippen molar-refractivity contribution in [3.63, 3.8) is 0 Å². The molecule has 6 rings (SSSR count). The Balaban J connectivity index is 0.000000201. The summed E-state index contributed by atoms with van der Waals surface area (Å²) in [6, 6.07) is 21.3. The molecule has 6 N–H and O–H groups in total. The Hall–Kier alpha value is -5.17. The standard InChI is InChI=1S/C17H12ClN3O4S2.C9H8N2O2S2.C7H6ClNO/c1-2-27(24,25)10-7-8-13-14(9-10)26-17(19-13)21-16(23)20-15(22)11-5-3-4-6-12(11)18;1-2-15(12,13)6-3-4-7-8(5-6)14-9(10)11-7;8-6-4-2-1-3-5(6)7(9)10/h2-9H,1H2,(H2,19,20,21,22,23);2-5H,1H2,(H2,10,11);1-4H,(H2,9,10). The van der Waals surface area contributed by atoms with Crippen LogP contribution < -0.4 is 22.1 Å². The number of urea groups is 1. The van der Waals surface area contributed by atoms with Crippen molar-refractivity contribution in [2.24, 2.45) is 5.73 Å². The van der Waals surface area contributed by atoms with Crippen LogP contribution >= 0.6 is 45.9 Å². The number of fused-ring (bicyclic) bond motifs is 2. The van der Waals surface area contributed by atoms with Crippen LogP contribution in [-0.2, 0) is 19.7 Å². The number of carbonyl (C=O) groups excluding carboxylic acids is 3. The SMILES string of the molecule is C=CS(=O)(=O)c1ccc2nc(N)sc2c1.C=CS(=O)(=O)c1ccc2nc(NC(=O)NC(=O)c3ccccc3Cl)sc2c1.NC(=O)c1ccccc1Cl. The van der Waals surface area contributed by atoms with E-state index < -0.39 is 37.5 Å². The normalized spacial score (nSPS) is 11.0. The van der Waals surface area contributed by atoms with E-state index >= 15 is 0 Å². The minimum absolute atomic E-state index is 0.0820. The van der Waals surface area contributed by atoms with Gasteiger partial charge in [0.05, 0.1) is 51.4 Å². The van der Waals surface area contributed by atoms with Gasteiger partial charge >= 0.3 is 6.03 Å². The molecule has 0 aliphatic rings. The summed E-state index contributed by atoms with van der Waals surface area (Å²) in [5.74, 6) is -1.15. The van der Waals surface area contributed by atoms with Gasteiger partial charge < -0.3 is 11.5 Å². The number of halogens is 2. The van der Waals surface area contributed by atoms with Crippen molar-refractivity contribution < 1.29 is 31.2 Å². The van der Waals surface area contributed by atoms with Crippen LogP contribution in [0.3, 0.4) is 0 Å². The van der Waals surface area contributed by atoms with E-state index in [-0.39, 0.29) is 25.5 Å². The number of benzene rings is 4. The third-order valence-electron chi connectivity index (χ3n) is 6.54. The molecular formula is C33H26Cl2N6O7S4. The monoisotopic (exact) mass is 816 g/mol. The van der Waals surface area contributed by atoms with Crippen LogP contribution in [0.1, 0.15) is 20.7 Å². The molecule has 0 radical (unpaired) electrons. The van der Waals surface area contributed by atoms with Gasteiger partial charge in [-0.1, -0.05) is 83.3 Å². The highest BCUT2D eigenvalue weighted by Crippen LogP contribution is 2.29. The van der Waals surface area contributed by atoms with Gasteiger partial charge in [0.2, 0.25) is 5.91 Å². The van der Waals surface area contributed by atoms with Gasteiger partial charge in [-0.25, -0.2) is 31.6 Å². The smallest absolute Gasteiger partial charge is 0.327 e. The number of rotatable bonds is 7. The molecule has 0 aliphatic heterocycles. The Morgan fingerprint density at radius 1 is 0.712 bits per heavy atom. The second-order valence-corrected chi connectivity index (χ2v) is 16.7. The summed E-state index contributed by atoms with van der Waals surface area (Å²) in [7, 11) is -6.95. The Kier molecular flexibility index (Phi) is 12.9. The van der Waals surface area contributed by atoms with Crippen LogP contribution in [0.5, 0.6) is 0 Å². The Bertz CT molecular complexity index is 2570. The summed E-state index contributed by atoms with van der Waals surface area (Å²) >= 11 is 13.9. The average molecular weight is 818 g/mol. The van der Waals surface area contributed by atoms with Gasteiger partial charge in [0, 0.05) is 10.8 Å². The number of carbonyl (C=O) groups is 3. The Labute approximate surface area is 315 Å². The molecule has 0 bridgehead atoms. The van der Waals surface area contributed by atoms with E-state index in [1.54, 1.807) is 48.5 Å². The fraction of sp³-hybridized carbons (Fsp3) is 0. The van der Waals surface area contributed by atoms with Crippen molar-refractivity contribution in [1.29, 1.82) is 0 Å². The maximum Gasteiger partial charge on any atom is 0.327 e. The lowest BCUT2D eigenvalue weighted by molar-refractivity contribution is 0.0965. The summed E-state index contributed by atoms with van der Waals surface area (Å²) in [6.07, 6.45) is 0. The number of aromatic nitrogens is 2. The van der Waals surface area contributed by atoms with Crippen molar-refractivity contribution in [2.45, 2.75) is 9.79 Å². The number of nitrogens with two attached hydrogens (primary N) is 2. The molecule has 2 heterocycles. The van der Waals surface area contributed by atoms with E-state index in [0.29, 0.717) is 31.5 Å². The summed E-state index contributed by atoms with van der Waals surface area (Å²) in [4.78, 5) is 43.2. The first-order chi connectivity index (χ1) is 24.5. The quantitative estimate of drug-likeness (QED) is 0.128. The molecular weight excluding hydrogens is 792 g/mol. The van der Waals surface area contributed by atoms with E-state index in [9.17, 15) is 31.2 Å². The van der Waals surface area contributed by atoms with Crippen molar-refractivity contribution in [1.82, 2.24) is 15.3 Å². The highest BCUT2D eigenvalue weighted by atomic mass is 35.5. The van der Waals surface area contributed by atoms with Crippen molar-refractivity contribution in [3.05, 3.63) is 130 Å². The van der Waals surface area contributed by atoms with Gasteiger partial charge in [-0.15, -0.1) is 0 Å². The highest BCUT2D eigenvalue weighted by Gasteiger charge is 2.16. The van der Waals surface area contributed by atoms with Crippen LogP contribution in [0.25, 0.3) is 20.4 Å². The molecule has 0 saturated heterocycles. The van der Waals surface area contributed by atoms with Gasteiger partial charge in [-0.05, 0) is 60.7 Å². The molecule has 268 valence electrons. The van der Waals surface area contributed by atoms with E-state index in [1.807, 2.05) is 0 Å². The molecule has 2 aromatic heterocycles. The van der Waals surface area contributed by atoms with Gasteiger partial charge in [0.25, 0.3) is 5.91 Å². The lowest BCUT2D eigenvalue weighted by atomic mass is 10.2. The number of nitrogens with zero attached hydrogens (tertiary/aromatic N) is 2. The van der Waals surface area contributed by atoms with Crippen LogP contribution in [0, 0.1) is 0 Å². The number of amides is 4. The van der Waals surface area contributed by atoms with Gasteiger partial charge in [0.15, 0.2) is 29.9 Å². The largest absolute Gasteiger partial charge is 0.375 e. The summed E-state index contributed by atoms with van der Waals surface area (Å²) in [6.45, 7) is 6.55. The van der Waals surface area contributed by atoms with Gasteiger partial charge in [-0.2, -0.15) is 0 Å². The summed E-state index contributed by atoms with van der Waals surface area (Å²) < 4.78 is 48.0. The first-order valence-electron chi connectivity index (χ1n) is 14.3. The number of thiazole rings is 2. The zero-order chi connectivity index (χ0) is 38.2. The minimum Gasteiger partial charge on any atom is -0.375 e. The van der Waals surface area contributed by atoms with Crippen molar-refractivity contribution in [2.75, 3.05) is 11.1 Å². The third-order valence-corrected chi connectivity index (χ3v) is 11.7. The molecule has 19 heteroatoms. The van der Waals surface area contributed by atoms with Crippen molar-refractivity contribution >= 4 is 114 Å². The highest BCUT2D eigenvalue weighted by molar-refractivity contribution is 7.94. The predicted octanol–water partition coefficient (Wildman–Crippen LogP) is 7.06. The molecule has 13 nitrogen and oxygen atoms in total. The zero-order valence-electron chi connectivity index (χ0n) is 26.4. The van der Waals surface area contributed by atoms with Crippen LogP contribution in [0.4, 0.5) is 15.1 Å². The van der Waals surface area contributed by atoms with Crippen molar-refractivity contribution in [3.8, 4) is 0 Å². The molecule has 52 heavy (non-hydrogen) atoms. The molecule has 0 unspecified atom stereocenters. The van der Waals surface area contributed by atoms with Crippen LogP contribution in [0.2, 0.25) is 10.0 Å². The number of anilines is 2. The number of nitrogens with one attached hydrogen (secondary N) is 2. The van der Waals surface area contributed by atoms with Crippen LogP contribution in [-0.4, -0.2) is 44.6 Å². The number of primary amides is 1. The van der Waals surface area contributed by atoms with E-state index in [1.165, 1.54) is 47.7 Å². The second-order valence-electron chi connectivity index (χ2n) is 9.99. The molecule has 0 atom stereocenters. The maximum absolute atomic E-state index is 12.1. The first kappa shape index (κ1) is 39.6. The fourth-order valence-corrected chi connectivity index (χ4v) is 7.77. The third kappa shape index (κ3) is 9.99. The van der Waals surface area contributed by atoms with E-state index in [2.05, 4.69) is 33.8 Å². The zero-order valence-corrected chi connectivity index (χ0v) is 31.2. The topological polar surface area (TPSA) is 221 Å². The van der Waals surface area contributed by atoms with Gasteiger partial charge in [-0.3, -0.25) is 20.2 Å². The predicted molar refractivity (Wildman–Crippen MR) is 206 cm³/mol. The number of hydrogen-bond donors (Lipinski definition) is 4. The molecule has 0 fully saturated rings. The second kappa shape index (κ2) is 16.9. The molecule has 6 aromatic rings. The first-order valence-corrected chi connectivity index (χ1v) is 19.8. The lowest BCUT2D eigenvalue weighted by Gasteiger charge is -2.05. The lowest BCUT2D eigenvalue weighted by Crippen LogP contribution is -2.34. The minimum atomic E-state index is -3.57. The number of imide groups is 1. The fourth-order valence-electron chi connectivity index (χ4n) is 4.03. The summed E-state index contributed by atoms with van der Waals surface area (Å²) in [5.41, 5.74) is 12.3. The Morgan fingerprint density at radius 3 is 1.67 bits per heavy atom. The average Bonchev–Trinajstić information content (AvgIpc) is 3.69. The molecule has 0 saturated carbocycles.